The normalized spacial score (nSPS) is 14.1. The Kier molecular flexibility index (Phi) is 48.3. The maximum Gasteiger partial charge on any atom is 0.409 e. The summed E-state index contributed by atoms with van der Waals surface area (Å²) in [6, 6.07) is 0. The Labute approximate surface area is 551 Å². The maximum absolute atomic E-state index is 13.0. The highest BCUT2D eigenvalue weighted by Gasteiger charge is 2.39. The molecule has 95 heavy (non-hydrogen) atoms. The van der Waals surface area contributed by atoms with Gasteiger partial charge in [0, 0.05) is 82.7 Å². The number of hydrogen-bond acceptors (Lipinski definition) is 28. The molecule has 1 saturated heterocycles. The number of amides is 10. The number of carbonyl (C=O) groups is 11. The van der Waals surface area contributed by atoms with Gasteiger partial charge in [-0.25, -0.2) is 9.59 Å². The van der Waals surface area contributed by atoms with Gasteiger partial charge < -0.3 is 102 Å². The van der Waals surface area contributed by atoms with Gasteiger partial charge in [0.2, 0.25) is 17.7 Å². The first-order valence-electron chi connectivity index (χ1n) is 31.5. The zero-order valence-corrected chi connectivity index (χ0v) is 54.0. The van der Waals surface area contributed by atoms with Crippen LogP contribution in [0, 0.1) is 0 Å². The number of nitrogens with one attached hydrogen (secondary N) is 3. The fourth-order valence-corrected chi connectivity index (χ4v) is 7.95. The SMILES string of the molecule is O=C(CCOCCOCCOCCOCCOCCOCCOCCOCCNC(=O)CCN1C(=O)C=CC1=O)NCCN(C(=O)O)C(CC(=O)NCCOCCOCCOCCOCCOCCOCCOCCOCCC(=O)ON1C(=O)CCC1=O)N1C(=O)C=CC1=O. The molecule has 540 valence electrons. The van der Waals surface area contributed by atoms with Gasteiger partial charge in [0.15, 0.2) is 0 Å². The van der Waals surface area contributed by atoms with Gasteiger partial charge in [-0.2, -0.15) is 0 Å². The van der Waals surface area contributed by atoms with Crippen molar-refractivity contribution in [3.63, 3.8) is 0 Å². The first-order valence-corrected chi connectivity index (χ1v) is 31.5. The van der Waals surface area contributed by atoms with Crippen LogP contribution in [0.25, 0.3) is 0 Å². The fourth-order valence-electron chi connectivity index (χ4n) is 7.95. The van der Waals surface area contributed by atoms with Gasteiger partial charge in [0.25, 0.3) is 35.4 Å². The van der Waals surface area contributed by atoms with Crippen LogP contribution in [-0.2, 0) is 129 Å². The van der Waals surface area contributed by atoms with Crippen LogP contribution < -0.4 is 16.0 Å². The van der Waals surface area contributed by atoms with E-state index in [0.717, 1.165) is 22.0 Å². The second-order valence-electron chi connectivity index (χ2n) is 19.8. The lowest BCUT2D eigenvalue weighted by Crippen LogP contribution is -2.56. The fraction of sp³-hybridized carbons (Fsp3) is 0.746. The molecule has 1 unspecified atom stereocenters. The molecule has 1 fully saturated rings. The van der Waals surface area contributed by atoms with Crippen molar-refractivity contribution in [3.05, 3.63) is 24.3 Å². The van der Waals surface area contributed by atoms with E-state index in [-0.39, 0.29) is 124 Å². The lowest BCUT2D eigenvalue weighted by atomic mass is 10.2. The van der Waals surface area contributed by atoms with Crippen LogP contribution in [0.2, 0.25) is 0 Å². The largest absolute Gasteiger partial charge is 0.465 e. The number of rotatable bonds is 65. The van der Waals surface area contributed by atoms with Crippen LogP contribution in [0.15, 0.2) is 24.3 Å². The minimum Gasteiger partial charge on any atom is -0.465 e. The third-order valence-electron chi connectivity index (χ3n) is 12.7. The Morgan fingerprint density at radius 3 is 1.03 bits per heavy atom. The summed E-state index contributed by atoms with van der Waals surface area (Å²) in [5.74, 6) is -5.62. The summed E-state index contributed by atoms with van der Waals surface area (Å²) in [4.78, 5) is 140. The third kappa shape index (κ3) is 41.9. The highest BCUT2D eigenvalue weighted by Crippen LogP contribution is 2.17. The molecule has 3 rings (SSSR count). The first-order chi connectivity index (χ1) is 46.3. The molecule has 0 aliphatic carbocycles. The molecule has 0 aromatic carbocycles. The summed E-state index contributed by atoms with van der Waals surface area (Å²) in [6.07, 6.45) is 0.631. The van der Waals surface area contributed by atoms with Gasteiger partial charge in [-0.3, -0.25) is 57.9 Å². The Morgan fingerprint density at radius 1 is 0.379 bits per heavy atom. The summed E-state index contributed by atoms with van der Waals surface area (Å²) in [6.45, 7) is 9.71. The molecule has 36 nitrogen and oxygen atoms in total. The van der Waals surface area contributed by atoms with Crippen molar-refractivity contribution in [2.45, 2.75) is 44.7 Å². The molecule has 3 aliphatic rings. The van der Waals surface area contributed by atoms with Gasteiger partial charge in [0.1, 0.15) is 6.17 Å². The summed E-state index contributed by atoms with van der Waals surface area (Å²) in [5, 5.41) is 18.4. The van der Waals surface area contributed by atoms with Gasteiger partial charge in [-0.15, -0.1) is 5.06 Å². The van der Waals surface area contributed by atoms with Gasteiger partial charge in [-0.1, -0.05) is 0 Å². The average Bonchev–Trinajstić information content (AvgIpc) is 1.77. The Bertz CT molecular complexity index is 2250. The van der Waals surface area contributed by atoms with Crippen molar-refractivity contribution in [1.29, 1.82) is 0 Å². The highest BCUT2D eigenvalue weighted by molar-refractivity contribution is 6.14. The zero-order chi connectivity index (χ0) is 68.6. The molecule has 0 aromatic heterocycles. The second kappa shape index (κ2) is 55.5. The van der Waals surface area contributed by atoms with Crippen LogP contribution in [-0.4, -0.2) is 340 Å². The summed E-state index contributed by atoms with van der Waals surface area (Å²) in [5.41, 5.74) is 0. The molecule has 36 heteroatoms. The van der Waals surface area contributed by atoms with Crippen molar-refractivity contribution in [2.75, 3.05) is 244 Å². The van der Waals surface area contributed by atoms with Crippen molar-refractivity contribution in [1.82, 2.24) is 35.7 Å². The molecule has 0 radical (unpaired) electrons. The molecule has 0 saturated carbocycles. The number of carbonyl (C=O) groups excluding carboxylic acids is 10. The van der Waals surface area contributed by atoms with Crippen LogP contribution in [0.3, 0.4) is 0 Å². The molecule has 3 heterocycles. The number of imide groups is 3. The number of nitrogens with zero attached hydrogens (tertiary/aromatic N) is 4. The van der Waals surface area contributed by atoms with Crippen LogP contribution in [0.4, 0.5) is 4.79 Å². The van der Waals surface area contributed by atoms with Crippen molar-refractivity contribution >= 4 is 65.2 Å². The predicted octanol–water partition coefficient (Wildman–Crippen LogP) is -3.08. The standard InChI is InChI=1S/C59H95N7O29/c67-48(7-13-64-52(70)1-2-53(64)71)61-11-17-81-21-25-85-29-33-89-37-41-93-45-43-91-39-35-87-31-27-83-23-19-79-15-8-49(68)60-10-14-63(59(77)78)51(65-54(72)3-4-55(65)73)47-50(69)62-12-18-82-22-26-86-30-34-90-38-42-94-46-44-92-40-36-88-32-28-84-24-20-80-16-9-58(76)95-66-56(74)5-6-57(66)75/h1-4,51H,5-47H2,(H,60,68)(H,61,67)(H,62,69)(H,77,78). The highest BCUT2D eigenvalue weighted by atomic mass is 16.7. The number of carboxylic acid groups (broad SMARTS) is 1. The molecule has 1 atom stereocenters. The number of hydroxylamine groups is 2. The average molecular weight is 1370 g/mol. The molecule has 0 spiro atoms. The van der Waals surface area contributed by atoms with Gasteiger partial charge >= 0.3 is 12.1 Å². The van der Waals surface area contributed by atoms with Crippen molar-refractivity contribution in [2.24, 2.45) is 0 Å². The molecule has 0 bridgehead atoms. The van der Waals surface area contributed by atoms with E-state index in [1.54, 1.807) is 0 Å². The van der Waals surface area contributed by atoms with E-state index in [9.17, 15) is 57.8 Å². The van der Waals surface area contributed by atoms with E-state index >= 15 is 0 Å². The number of ether oxygens (including phenoxy) is 16. The summed E-state index contributed by atoms with van der Waals surface area (Å²) >= 11 is 0. The summed E-state index contributed by atoms with van der Waals surface area (Å²) in [7, 11) is 0. The van der Waals surface area contributed by atoms with E-state index in [0.29, 0.717) is 168 Å². The Hall–Kier alpha value is -6.59. The first kappa shape index (κ1) is 82.6. The Balaban J connectivity index is 1.03. The van der Waals surface area contributed by atoms with E-state index in [1.807, 2.05) is 0 Å². The zero-order valence-electron chi connectivity index (χ0n) is 54.0. The molecule has 10 amide bonds. The lowest BCUT2D eigenvalue weighted by Gasteiger charge is -2.34. The van der Waals surface area contributed by atoms with Gasteiger partial charge in [-0.05, 0) is 0 Å². The molecular weight excluding hydrogens is 1270 g/mol. The van der Waals surface area contributed by atoms with E-state index in [4.69, 9.17) is 80.6 Å². The van der Waals surface area contributed by atoms with E-state index in [2.05, 4.69) is 16.0 Å². The minimum atomic E-state index is -1.52. The smallest absolute Gasteiger partial charge is 0.409 e. The minimum absolute atomic E-state index is 0.0205. The third-order valence-corrected chi connectivity index (χ3v) is 12.7. The van der Waals surface area contributed by atoms with Crippen molar-refractivity contribution in [3.8, 4) is 0 Å². The maximum atomic E-state index is 13.0. The topological polar surface area (TPSA) is 414 Å². The van der Waals surface area contributed by atoms with Crippen molar-refractivity contribution < 1.29 is 138 Å². The quantitative estimate of drug-likeness (QED) is 0.0347. The Morgan fingerprint density at radius 2 is 0.674 bits per heavy atom. The van der Waals surface area contributed by atoms with Gasteiger partial charge in [0.05, 0.1) is 224 Å². The monoisotopic (exact) mass is 1370 g/mol. The predicted molar refractivity (Wildman–Crippen MR) is 323 cm³/mol. The molecular formula is C59H95N7O29. The van der Waals surface area contributed by atoms with Crippen LogP contribution in [0.5, 0.6) is 0 Å². The molecule has 4 N–H and O–H groups in total. The van der Waals surface area contributed by atoms with Crippen LogP contribution >= 0.6 is 0 Å². The summed E-state index contributed by atoms with van der Waals surface area (Å²) < 4.78 is 87.2. The van der Waals surface area contributed by atoms with Crippen LogP contribution in [0.1, 0.15) is 38.5 Å². The molecule has 3 aliphatic heterocycles. The lowest BCUT2D eigenvalue weighted by molar-refractivity contribution is -0.198. The second-order valence-corrected chi connectivity index (χ2v) is 19.8. The van der Waals surface area contributed by atoms with E-state index < -0.39 is 71.9 Å². The van der Waals surface area contributed by atoms with E-state index in [1.165, 1.54) is 12.2 Å². The molecule has 0 aromatic rings. The number of hydrogen-bond donors (Lipinski definition) is 4.